The first kappa shape index (κ1) is 9.13. The summed E-state index contributed by atoms with van der Waals surface area (Å²) in [6.45, 7) is 4.54. The third kappa shape index (κ3) is 3.66. The zero-order valence-corrected chi connectivity index (χ0v) is 7.28. The minimum atomic E-state index is 0.921. The first-order chi connectivity index (χ1) is 4.22. The van der Waals surface area contributed by atoms with Crippen molar-refractivity contribution in [3.05, 3.63) is 0 Å². The summed E-state index contributed by atoms with van der Waals surface area (Å²) in [5.74, 6) is 1.85. The monoisotopic (exact) mass is 124 g/mol. The van der Waals surface area contributed by atoms with Gasteiger partial charge in [0.15, 0.2) is 0 Å². The summed E-state index contributed by atoms with van der Waals surface area (Å²) in [5, 5.41) is 0. The Morgan fingerprint density at radius 2 is 1.67 bits per heavy atom. The molecular formula is C7H18B2. The van der Waals surface area contributed by atoms with Crippen LogP contribution >= 0.6 is 0 Å². The van der Waals surface area contributed by atoms with Gasteiger partial charge in [-0.2, -0.15) is 0 Å². The Balaban J connectivity index is 3.32. The van der Waals surface area contributed by atoms with Crippen LogP contribution in [-0.2, 0) is 0 Å². The zero-order valence-electron chi connectivity index (χ0n) is 7.28. The van der Waals surface area contributed by atoms with Crippen molar-refractivity contribution >= 4 is 15.7 Å². The highest BCUT2D eigenvalue weighted by Crippen LogP contribution is 2.25. The summed E-state index contributed by atoms with van der Waals surface area (Å²) in [6, 6.07) is 0. The number of hydrogen-bond donors (Lipinski definition) is 0. The molecule has 0 aromatic rings. The topological polar surface area (TPSA) is 0 Å². The minimum Gasteiger partial charge on any atom is -0.0742 e. The Morgan fingerprint density at radius 3 is 2.00 bits per heavy atom. The van der Waals surface area contributed by atoms with E-state index in [9.17, 15) is 0 Å². The molecule has 0 spiro atoms. The Morgan fingerprint density at radius 1 is 1.11 bits per heavy atom. The van der Waals surface area contributed by atoms with E-state index < -0.39 is 0 Å². The van der Waals surface area contributed by atoms with Gasteiger partial charge in [0.05, 0.1) is 0 Å². The Hall–Kier alpha value is 0.130. The quantitative estimate of drug-likeness (QED) is 0.491. The van der Waals surface area contributed by atoms with Crippen molar-refractivity contribution in [3.63, 3.8) is 0 Å². The van der Waals surface area contributed by atoms with E-state index in [2.05, 4.69) is 29.5 Å². The van der Waals surface area contributed by atoms with E-state index in [1.807, 2.05) is 0 Å². The molecule has 0 rings (SSSR count). The molecule has 0 aromatic carbocycles. The third-order valence-corrected chi connectivity index (χ3v) is 2.36. The molecule has 0 aliphatic heterocycles. The molecule has 52 valence electrons. The molecule has 0 aliphatic carbocycles. The standard InChI is InChI=1S/C7H18B2/c1-3-5-7(9)6(8)4-2/h6-7H,3-5,8-9H2,1-2H3. The molecule has 2 heteroatoms. The van der Waals surface area contributed by atoms with Crippen LogP contribution in [0.25, 0.3) is 0 Å². The predicted octanol–water partition coefficient (Wildman–Crippen LogP) is 1.04. The Labute approximate surface area is 61.2 Å². The van der Waals surface area contributed by atoms with Crippen molar-refractivity contribution < 1.29 is 0 Å². The molecule has 0 N–H and O–H groups in total. The van der Waals surface area contributed by atoms with Gasteiger partial charge in [0, 0.05) is 0 Å². The van der Waals surface area contributed by atoms with Crippen LogP contribution in [0.3, 0.4) is 0 Å². The SMILES string of the molecule is BC(CC)C(B)CCC. The highest BCUT2D eigenvalue weighted by molar-refractivity contribution is 6.21. The van der Waals surface area contributed by atoms with E-state index in [1.165, 1.54) is 19.3 Å². The molecule has 0 aromatic heterocycles. The Kier molecular flexibility index (Phi) is 5.03. The zero-order chi connectivity index (χ0) is 7.28. The molecule has 2 unspecified atom stereocenters. The van der Waals surface area contributed by atoms with Crippen LogP contribution in [0, 0.1) is 0 Å². The van der Waals surface area contributed by atoms with Crippen LogP contribution in [0.15, 0.2) is 0 Å². The van der Waals surface area contributed by atoms with Gasteiger partial charge in [0.1, 0.15) is 15.7 Å². The lowest BCUT2D eigenvalue weighted by Gasteiger charge is -2.16. The molecule has 0 heterocycles. The summed E-state index contributed by atoms with van der Waals surface area (Å²) in [7, 11) is 4.71. The molecule has 2 atom stereocenters. The van der Waals surface area contributed by atoms with Crippen molar-refractivity contribution in [1.82, 2.24) is 0 Å². The molecule has 0 fully saturated rings. The summed E-state index contributed by atoms with van der Waals surface area (Å²) < 4.78 is 0. The van der Waals surface area contributed by atoms with Gasteiger partial charge in [-0.05, 0) is 0 Å². The highest BCUT2D eigenvalue weighted by Gasteiger charge is 2.07. The number of rotatable bonds is 4. The fraction of sp³-hybridized carbons (Fsp3) is 1.00. The molecule has 0 amide bonds. The maximum atomic E-state index is 2.36. The van der Waals surface area contributed by atoms with Crippen molar-refractivity contribution in [2.75, 3.05) is 0 Å². The lowest BCUT2D eigenvalue weighted by atomic mass is 9.64. The lowest BCUT2D eigenvalue weighted by molar-refractivity contribution is 0.653. The second-order valence-electron chi connectivity index (χ2n) is 3.15. The van der Waals surface area contributed by atoms with E-state index in [1.54, 1.807) is 0 Å². The molecule has 0 bridgehead atoms. The smallest absolute Gasteiger partial charge is 0.0742 e. The minimum absolute atomic E-state index is 0.921. The second-order valence-corrected chi connectivity index (χ2v) is 3.15. The predicted molar refractivity (Wildman–Crippen MR) is 49.8 cm³/mol. The van der Waals surface area contributed by atoms with Crippen LogP contribution in [0.1, 0.15) is 33.1 Å². The molecule has 0 radical (unpaired) electrons. The fourth-order valence-electron chi connectivity index (χ4n) is 1.14. The average Bonchev–Trinajstić information content (AvgIpc) is 1.87. The van der Waals surface area contributed by atoms with Crippen LogP contribution in [0.2, 0.25) is 11.6 Å². The van der Waals surface area contributed by atoms with Gasteiger partial charge in [0.25, 0.3) is 0 Å². The molecule has 9 heavy (non-hydrogen) atoms. The average molecular weight is 124 g/mol. The van der Waals surface area contributed by atoms with E-state index in [0.29, 0.717) is 0 Å². The fourth-order valence-corrected chi connectivity index (χ4v) is 1.14. The van der Waals surface area contributed by atoms with Gasteiger partial charge in [-0.3, -0.25) is 0 Å². The third-order valence-electron chi connectivity index (χ3n) is 2.36. The first-order valence-electron chi connectivity index (χ1n) is 4.22. The first-order valence-corrected chi connectivity index (χ1v) is 4.22. The highest BCUT2D eigenvalue weighted by atomic mass is 14.0. The van der Waals surface area contributed by atoms with E-state index >= 15 is 0 Å². The van der Waals surface area contributed by atoms with E-state index in [0.717, 1.165) is 11.6 Å². The van der Waals surface area contributed by atoms with Gasteiger partial charge < -0.3 is 0 Å². The maximum absolute atomic E-state index is 2.36. The van der Waals surface area contributed by atoms with Gasteiger partial charge in [-0.25, -0.2) is 0 Å². The van der Waals surface area contributed by atoms with Crippen molar-refractivity contribution in [1.29, 1.82) is 0 Å². The van der Waals surface area contributed by atoms with Gasteiger partial charge >= 0.3 is 0 Å². The van der Waals surface area contributed by atoms with Crippen LogP contribution in [0.5, 0.6) is 0 Å². The summed E-state index contributed by atoms with van der Waals surface area (Å²) in [5.41, 5.74) is 0. The van der Waals surface area contributed by atoms with Gasteiger partial charge in [-0.1, -0.05) is 44.7 Å². The van der Waals surface area contributed by atoms with Crippen molar-refractivity contribution in [2.45, 2.75) is 44.7 Å². The molecule has 0 nitrogen and oxygen atoms in total. The lowest BCUT2D eigenvalue weighted by Crippen LogP contribution is -2.01. The van der Waals surface area contributed by atoms with Crippen LogP contribution < -0.4 is 0 Å². The Bertz CT molecular complexity index is 63.9. The molecule has 0 aliphatic rings. The summed E-state index contributed by atoms with van der Waals surface area (Å²) in [4.78, 5) is 0. The summed E-state index contributed by atoms with van der Waals surface area (Å²) in [6.07, 6.45) is 4.07. The molecule has 0 saturated carbocycles. The largest absolute Gasteiger partial charge is 0.104 e. The van der Waals surface area contributed by atoms with E-state index in [4.69, 9.17) is 0 Å². The van der Waals surface area contributed by atoms with Crippen LogP contribution in [-0.4, -0.2) is 15.7 Å². The van der Waals surface area contributed by atoms with Crippen LogP contribution in [0.4, 0.5) is 0 Å². The molecule has 0 saturated heterocycles. The maximum Gasteiger partial charge on any atom is 0.104 e. The number of hydrogen-bond acceptors (Lipinski definition) is 0. The summed E-state index contributed by atoms with van der Waals surface area (Å²) >= 11 is 0. The van der Waals surface area contributed by atoms with E-state index in [-0.39, 0.29) is 0 Å². The molecular weight excluding hydrogens is 106 g/mol. The van der Waals surface area contributed by atoms with Gasteiger partial charge in [-0.15, -0.1) is 0 Å². The normalized spacial score (nSPS) is 17.1. The second kappa shape index (κ2) is 4.96. The van der Waals surface area contributed by atoms with Crippen molar-refractivity contribution in [3.8, 4) is 0 Å². The van der Waals surface area contributed by atoms with Gasteiger partial charge in [0.2, 0.25) is 0 Å². The van der Waals surface area contributed by atoms with Crippen molar-refractivity contribution in [2.24, 2.45) is 0 Å².